The molecule has 2 amide bonds. The van der Waals surface area contributed by atoms with Crippen LogP contribution in [0.25, 0.3) is 0 Å². The first-order valence-corrected chi connectivity index (χ1v) is 8.08. The van der Waals surface area contributed by atoms with E-state index in [-0.39, 0.29) is 24.7 Å². The number of hydrogen-bond donors (Lipinski definition) is 2. The number of para-hydroxylation sites is 1. The lowest BCUT2D eigenvalue weighted by Crippen LogP contribution is -2.48. The van der Waals surface area contributed by atoms with E-state index in [1.165, 1.54) is 0 Å². The fourth-order valence-corrected chi connectivity index (χ4v) is 3.34. The molecule has 0 saturated carbocycles. The van der Waals surface area contributed by atoms with Gasteiger partial charge in [-0.1, -0.05) is 18.2 Å². The standard InChI is InChI=1S/C17H22N2O4/c1-11-9-14(13-6-2-3-7-15(13)23-11)18-17(22)19-8-4-5-12(10-19)16(20)21/h2-3,6-7,11-12,14H,4-5,8-10H2,1H3,(H,18,22)(H,20,21)/t11-,12?,14-/m1/s1. The molecule has 1 aromatic carbocycles. The zero-order chi connectivity index (χ0) is 16.4. The van der Waals surface area contributed by atoms with Crippen LogP contribution in [-0.2, 0) is 4.79 Å². The van der Waals surface area contributed by atoms with Crippen molar-refractivity contribution in [3.63, 3.8) is 0 Å². The molecule has 3 rings (SSSR count). The number of carbonyl (C=O) groups excluding carboxylic acids is 1. The van der Waals surface area contributed by atoms with Crippen LogP contribution in [-0.4, -0.2) is 41.2 Å². The minimum Gasteiger partial charge on any atom is -0.490 e. The molecule has 0 spiro atoms. The van der Waals surface area contributed by atoms with Crippen molar-refractivity contribution in [2.24, 2.45) is 5.92 Å². The van der Waals surface area contributed by atoms with Gasteiger partial charge in [0.2, 0.25) is 0 Å². The number of rotatable bonds is 2. The smallest absolute Gasteiger partial charge is 0.317 e. The van der Waals surface area contributed by atoms with Gasteiger partial charge in [-0.3, -0.25) is 4.79 Å². The van der Waals surface area contributed by atoms with Crippen molar-refractivity contribution in [3.05, 3.63) is 29.8 Å². The van der Waals surface area contributed by atoms with E-state index >= 15 is 0 Å². The third-order valence-corrected chi connectivity index (χ3v) is 4.55. The monoisotopic (exact) mass is 318 g/mol. The predicted octanol–water partition coefficient (Wildman–Crippen LogP) is 2.40. The maximum atomic E-state index is 12.5. The van der Waals surface area contributed by atoms with Crippen LogP contribution < -0.4 is 10.1 Å². The van der Waals surface area contributed by atoms with Crippen LogP contribution in [0.1, 0.15) is 37.8 Å². The number of amides is 2. The third kappa shape index (κ3) is 3.41. The van der Waals surface area contributed by atoms with E-state index in [0.29, 0.717) is 19.4 Å². The molecule has 1 saturated heterocycles. The van der Waals surface area contributed by atoms with E-state index in [4.69, 9.17) is 9.84 Å². The highest BCUT2D eigenvalue weighted by Gasteiger charge is 2.31. The van der Waals surface area contributed by atoms with Gasteiger partial charge < -0.3 is 20.1 Å². The Bertz CT molecular complexity index is 604. The molecule has 1 unspecified atom stereocenters. The molecule has 2 aliphatic rings. The number of nitrogens with one attached hydrogen (secondary N) is 1. The fraction of sp³-hybridized carbons (Fsp3) is 0.529. The third-order valence-electron chi connectivity index (χ3n) is 4.55. The Kier molecular flexibility index (Phi) is 4.41. The first kappa shape index (κ1) is 15.6. The summed E-state index contributed by atoms with van der Waals surface area (Å²) in [6.45, 7) is 2.87. The largest absolute Gasteiger partial charge is 0.490 e. The highest BCUT2D eigenvalue weighted by molar-refractivity contribution is 5.77. The molecule has 6 heteroatoms. The molecule has 0 aromatic heterocycles. The summed E-state index contributed by atoms with van der Waals surface area (Å²) in [4.78, 5) is 25.3. The lowest BCUT2D eigenvalue weighted by Gasteiger charge is -2.35. The van der Waals surface area contributed by atoms with Gasteiger partial charge in [-0.15, -0.1) is 0 Å². The molecule has 0 radical (unpaired) electrons. The van der Waals surface area contributed by atoms with Gasteiger partial charge in [0, 0.05) is 25.1 Å². The lowest BCUT2D eigenvalue weighted by molar-refractivity contribution is -0.143. The van der Waals surface area contributed by atoms with Crippen molar-refractivity contribution in [2.75, 3.05) is 13.1 Å². The van der Waals surface area contributed by atoms with Gasteiger partial charge in [0.05, 0.1) is 18.1 Å². The van der Waals surface area contributed by atoms with Crippen LogP contribution in [0.4, 0.5) is 4.79 Å². The Hall–Kier alpha value is -2.24. The average Bonchev–Trinajstić information content (AvgIpc) is 2.54. The first-order valence-electron chi connectivity index (χ1n) is 8.08. The predicted molar refractivity (Wildman–Crippen MR) is 84.4 cm³/mol. The number of nitrogens with zero attached hydrogens (tertiary/aromatic N) is 1. The summed E-state index contributed by atoms with van der Waals surface area (Å²) in [5.74, 6) is -0.485. The van der Waals surface area contributed by atoms with Crippen LogP contribution in [0, 0.1) is 5.92 Å². The van der Waals surface area contributed by atoms with Crippen molar-refractivity contribution in [3.8, 4) is 5.75 Å². The second-order valence-electron chi connectivity index (χ2n) is 6.33. The number of piperidine rings is 1. The second-order valence-corrected chi connectivity index (χ2v) is 6.33. The molecule has 0 bridgehead atoms. The molecule has 2 aliphatic heterocycles. The molecular weight excluding hydrogens is 296 g/mol. The number of hydrogen-bond acceptors (Lipinski definition) is 3. The quantitative estimate of drug-likeness (QED) is 0.877. The Morgan fingerprint density at radius 3 is 2.91 bits per heavy atom. The Morgan fingerprint density at radius 1 is 1.35 bits per heavy atom. The topological polar surface area (TPSA) is 78.9 Å². The van der Waals surface area contributed by atoms with Crippen molar-refractivity contribution >= 4 is 12.0 Å². The van der Waals surface area contributed by atoms with Gasteiger partial charge in [-0.2, -0.15) is 0 Å². The van der Waals surface area contributed by atoms with Crippen LogP contribution in [0.15, 0.2) is 24.3 Å². The molecule has 124 valence electrons. The summed E-state index contributed by atoms with van der Waals surface area (Å²) in [6, 6.07) is 7.42. The van der Waals surface area contributed by atoms with Crippen LogP contribution in [0.5, 0.6) is 5.75 Å². The van der Waals surface area contributed by atoms with E-state index < -0.39 is 11.9 Å². The van der Waals surface area contributed by atoms with Gasteiger partial charge in [0.25, 0.3) is 0 Å². The van der Waals surface area contributed by atoms with Crippen molar-refractivity contribution in [1.29, 1.82) is 0 Å². The number of aliphatic carboxylic acids is 1. The number of carboxylic acid groups (broad SMARTS) is 1. The second kappa shape index (κ2) is 6.48. The summed E-state index contributed by atoms with van der Waals surface area (Å²) in [5.41, 5.74) is 0.978. The number of ether oxygens (including phenoxy) is 1. The number of benzene rings is 1. The Labute approximate surface area is 135 Å². The number of likely N-dealkylation sites (tertiary alicyclic amines) is 1. The Morgan fingerprint density at radius 2 is 2.13 bits per heavy atom. The van der Waals surface area contributed by atoms with Crippen molar-refractivity contribution in [2.45, 2.75) is 38.3 Å². The molecule has 0 aliphatic carbocycles. The molecule has 1 aromatic rings. The van der Waals surface area contributed by atoms with E-state index in [0.717, 1.165) is 17.7 Å². The minimum atomic E-state index is -0.826. The molecule has 2 heterocycles. The molecule has 2 N–H and O–H groups in total. The molecular formula is C17H22N2O4. The summed E-state index contributed by atoms with van der Waals surface area (Å²) in [5, 5.41) is 12.2. The lowest BCUT2D eigenvalue weighted by atomic mass is 9.96. The average molecular weight is 318 g/mol. The molecule has 1 fully saturated rings. The van der Waals surface area contributed by atoms with Gasteiger partial charge in [0.1, 0.15) is 5.75 Å². The zero-order valence-corrected chi connectivity index (χ0v) is 13.2. The van der Waals surface area contributed by atoms with Gasteiger partial charge >= 0.3 is 12.0 Å². The number of carboxylic acids is 1. The van der Waals surface area contributed by atoms with E-state index in [1.54, 1.807) is 4.90 Å². The number of fused-ring (bicyclic) bond motifs is 1. The first-order chi connectivity index (χ1) is 11.0. The molecule has 23 heavy (non-hydrogen) atoms. The number of urea groups is 1. The Balaban J connectivity index is 1.69. The summed E-state index contributed by atoms with van der Waals surface area (Å²) in [7, 11) is 0. The van der Waals surface area contributed by atoms with Crippen LogP contribution >= 0.6 is 0 Å². The highest BCUT2D eigenvalue weighted by atomic mass is 16.5. The van der Waals surface area contributed by atoms with E-state index in [2.05, 4.69) is 5.32 Å². The van der Waals surface area contributed by atoms with Crippen LogP contribution in [0.3, 0.4) is 0 Å². The minimum absolute atomic E-state index is 0.0309. The highest BCUT2D eigenvalue weighted by Crippen LogP contribution is 2.34. The normalized spacial score (nSPS) is 26.8. The summed E-state index contributed by atoms with van der Waals surface area (Å²) in [6.07, 6.45) is 2.10. The van der Waals surface area contributed by atoms with E-state index in [9.17, 15) is 9.59 Å². The zero-order valence-electron chi connectivity index (χ0n) is 13.2. The van der Waals surface area contributed by atoms with E-state index in [1.807, 2.05) is 31.2 Å². The maximum Gasteiger partial charge on any atom is 0.317 e. The van der Waals surface area contributed by atoms with Gasteiger partial charge in [-0.25, -0.2) is 4.79 Å². The maximum absolute atomic E-state index is 12.5. The molecule has 6 nitrogen and oxygen atoms in total. The summed E-state index contributed by atoms with van der Waals surface area (Å²) >= 11 is 0. The van der Waals surface area contributed by atoms with Crippen molar-refractivity contribution in [1.82, 2.24) is 10.2 Å². The summed E-state index contributed by atoms with van der Waals surface area (Å²) < 4.78 is 5.79. The van der Waals surface area contributed by atoms with Crippen molar-refractivity contribution < 1.29 is 19.4 Å². The molecule has 3 atom stereocenters. The fourth-order valence-electron chi connectivity index (χ4n) is 3.34. The van der Waals surface area contributed by atoms with Crippen LogP contribution in [0.2, 0.25) is 0 Å². The van der Waals surface area contributed by atoms with Gasteiger partial charge in [-0.05, 0) is 25.8 Å². The SMILES string of the molecule is C[C@@H]1C[C@@H](NC(=O)N2CCCC(C(=O)O)C2)c2ccccc2O1. The number of carbonyl (C=O) groups is 2. The van der Waals surface area contributed by atoms with Gasteiger partial charge in [0.15, 0.2) is 0 Å².